The van der Waals surface area contributed by atoms with Crippen molar-refractivity contribution in [2.45, 2.75) is 38.1 Å². The van der Waals surface area contributed by atoms with Crippen LogP contribution in [0.4, 0.5) is 23.1 Å². The molecule has 10 nitrogen and oxygen atoms in total. The molecular weight excluding hydrogens is 376 g/mol. The van der Waals surface area contributed by atoms with E-state index in [1.165, 1.54) is 6.20 Å². The van der Waals surface area contributed by atoms with Crippen molar-refractivity contribution in [1.29, 1.82) is 0 Å². The van der Waals surface area contributed by atoms with E-state index in [-0.39, 0.29) is 30.7 Å². The number of hydrogen-bond acceptors (Lipinski definition) is 7. The summed E-state index contributed by atoms with van der Waals surface area (Å²) in [6.07, 6.45) is 3.82. The summed E-state index contributed by atoms with van der Waals surface area (Å²) < 4.78 is 0. The van der Waals surface area contributed by atoms with Gasteiger partial charge < -0.3 is 26.8 Å². The summed E-state index contributed by atoms with van der Waals surface area (Å²) in [5, 5.41) is 17.5. The van der Waals surface area contributed by atoms with Gasteiger partial charge in [0.15, 0.2) is 0 Å². The number of primary amides is 1. The van der Waals surface area contributed by atoms with Gasteiger partial charge in [0.05, 0.1) is 5.56 Å². The van der Waals surface area contributed by atoms with Gasteiger partial charge in [-0.05, 0) is 43.5 Å². The van der Waals surface area contributed by atoms with Crippen molar-refractivity contribution in [1.82, 2.24) is 9.97 Å². The van der Waals surface area contributed by atoms with Gasteiger partial charge in [0.2, 0.25) is 11.9 Å². The second-order valence-corrected chi connectivity index (χ2v) is 6.74. The Bertz CT molecular complexity index is 911. The first-order valence-electron chi connectivity index (χ1n) is 9.23. The monoisotopic (exact) mass is 398 g/mol. The van der Waals surface area contributed by atoms with Crippen LogP contribution in [0.3, 0.4) is 0 Å². The minimum Gasteiger partial charge on any atom is -0.481 e. The van der Waals surface area contributed by atoms with Crippen LogP contribution in [-0.2, 0) is 9.59 Å². The number of carboxylic acid groups (broad SMARTS) is 1. The van der Waals surface area contributed by atoms with Gasteiger partial charge in [-0.15, -0.1) is 0 Å². The fourth-order valence-electron chi connectivity index (χ4n) is 2.54. The molecule has 1 aliphatic carbocycles. The molecule has 6 N–H and O–H groups in total. The Morgan fingerprint density at radius 2 is 1.79 bits per heavy atom. The van der Waals surface area contributed by atoms with E-state index in [2.05, 4.69) is 25.9 Å². The Kier molecular flexibility index (Phi) is 6.22. The van der Waals surface area contributed by atoms with Crippen molar-refractivity contribution in [3.05, 3.63) is 36.0 Å². The molecule has 1 heterocycles. The smallest absolute Gasteiger partial charge is 0.303 e. The van der Waals surface area contributed by atoms with Gasteiger partial charge in [0, 0.05) is 36.5 Å². The molecule has 1 saturated carbocycles. The fraction of sp³-hybridized carbons (Fsp3) is 0.316. The summed E-state index contributed by atoms with van der Waals surface area (Å²) in [7, 11) is 0. The lowest BCUT2D eigenvalue weighted by atomic mass is 10.2. The van der Waals surface area contributed by atoms with E-state index < -0.39 is 11.9 Å². The number of carbonyl (C=O) groups is 3. The number of carbonyl (C=O) groups excluding carboxylic acids is 2. The predicted molar refractivity (Wildman–Crippen MR) is 107 cm³/mol. The van der Waals surface area contributed by atoms with Crippen LogP contribution < -0.4 is 21.7 Å². The van der Waals surface area contributed by atoms with Crippen molar-refractivity contribution in [2.24, 2.45) is 5.73 Å². The first-order chi connectivity index (χ1) is 13.9. The van der Waals surface area contributed by atoms with Gasteiger partial charge in [-0.25, -0.2) is 4.98 Å². The van der Waals surface area contributed by atoms with Gasteiger partial charge in [-0.2, -0.15) is 4.98 Å². The zero-order chi connectivity index (χ0) is 20.8. The molecule has 0 spiro atoms. The van der Waals surface area contributed by atoms with Crippen LogP contribution in [-0.4, -0.2) is 38.9 Å². The first kappa shape index (κ1) is 20.1. The zero-order valence-corrected chi connectivity index (χ0v) is 15.6. The fourth-order valence-corrected chi connectivity index (χ4v) is 2.54. The second-order valence-electron chi connectivity index (χ2n) is 6.74. The molecule has 3 rings (SSSR count). The molecule has 1 aromatic carbocycles. The molecule has 1 fully saturated rings. The Balaban J connectivity index is 1.59. The number of rotatable bonds is 10. The van der Waals surface area contributed by atoms with E-state index in [0.717, 1.165) is 12.8 Å². The van der Waals surface area contributed by atoms with Crippen LogP contribution in [0, 0.1) is 0 Å². The molecule has 0 atom stereocenters. The topological polar surface area (TPSA) is 159 Å². The highest BCUT2D eigenvalue weighted by Gasteiger charge is 2.24. The molecule has 10 heteroatoms. The first-order valence-corrected chi connectivity index (χ1v) is 9.23. The molecule has 0 bridgehead atoms. The van der Waals surface area contributed by atoms with Gasteiger partial charge >= 0.3 is 5.97 Å². The number of benzene rings is 1. The lowest BCUT2D eigenvalue weighted by Crippen LogP contribution is -2.17. The van der Waals surface area contributed by atoms with Gasteiger partial charge in [0.1, 0.15) is 5.82 Å². The minimum atomic E-state index is -0.921. The maximum Gasteiger partial charge on any atom is 0.303 e. The van der Waals surface area contributed by atoms with Crippen LogP contribution in [0.5, 0.6) is 0 Å². The Morgan fingerprint density at radius 1 is 1.10 bits per heavy atom. The van der Waals surface area contributed by atoms with Crippen molar-refractivity contribution in [3.8, 4) is 0 Å². The van der Waals surface area contributed by atoms with Gasteiger partial charge in [-0.1, -0.05) is 0 Å². The van der Waals surface area contributed by atoms with Gasteiger partial charge in [-0.3, -0.25) is 14.4 Å². The number of anilines is 4. The molecule has 0 aliphatic heterocycles. The molecule has 29 heavy (non-hydrogen) atoms. The SMILES string of the molecule is NC(=O)c1cnc(Nc2ccc(NC(=O)CCCC(=O)O)cc2)nc1NC1CC1. The average molecular weight is 398 g/mol. The Morgan fingerprint density at radius 3 is 2.41 bits per heavy atom. The average Bonchev–Trinajstić information content (AvgIpc) is 3.47. The van der Waals surface area contributed by atoms with E-state index in [0.29, 0.717) is 29.2 Å². The van der Waals surface area contributed by atoms with Crippen molar-refractivity contribution < 1.29 is 19.5 Å². The molecular formula is C19H22N6O4. The number of carboxylic acids is 1. The second kappa shape index (κ2) is 9.00. The highest BCUT2D eigenvalue weighted by molar-refractivity contribution is 5.97. The molecule has 0 radical (unpaired) electrons. The molecule has 0 unspecified atom stereocenters. The molecule has 2 amide bonds. The Labute approximate surface area is 166 Å². The third-order valence-corrected chi connectivity index (χ3v) is 4.19. The van der Waals surface area contributed by atoms with Crippen molar-refractivity contribution in [3.63, 3.8) is 0 Å². The standard InChI is InChI=1S/C19H22N6O4/c20-17(29)14-10-21-19(25-18(14)23-12-6-7-12)24-13-8-4-11(5-9-13)22-15(26)2-1-3-16(27)28/h4-5,8-10,12H,1-3,6-7H2,(H2,20,29)(H,22,26)(H,27,28)(H2,21,23,24,25). The number of amides is 2. The third kappa shape index (κ3) is 6.16. The highest BCUT2D eigenvalue weighted by Crippen LogP contribution is 2.26. The number of nitrogens with one attached hydrogen (secondary N) is 3. The maximum atomic E-state index is 11.8. The third-order valence-electron chi connectivity index (χ3n) is 4.19. The van der Waals surface area contributed by atoms with E-state index >= 15 is 0 Å². The van der Waals surface area contributed by atoms with Crippen LogP contribution in [0.2, 0.25) is 0 Å². The molecule has 0 saturated heterocycles. The number of nitrogens with zero attached hydrogens (tertiary/aromatic N) is 2. The molecule has 2 aromatic rings. The molecule has 152 valence electrons. The normalized spacial score (nSPS) is 12.8. The number of aliphatic carboxylic acids is 1. The number of hydrogen-bond donors (Lipinski definition) is 5. The quantitative estimate of drug-likeness (QED) is 0.407. The summed E-state index contributed by atoms with van der Waals surface area (Å²) >= 11 is 0. The number of aromatic nitrogens is 2. The summed E-state index contributed by atoms with van der Waals surface area (Å²) in [4.78, 5) is 42.3. The molecule has 1 aromatic heterocycles. The van der Waals surface area contributed by atoms with E-state index in [1.807, 2.05) is 0 Å². The summed E-state index contributed by atoms with van der Waals surface area (Å²) in [5.74, 6) is -1.04. The van der Waals surface area contributed by atoms with E-state index in [4.69, 9.17) is 10.8 Å². The summed E-state index contributed by atoms with van der Waals surface area (Å²) in [6, 6.07) is 7.20. The van der Waals surface area contributed by atoms with Crippen LogP contribution in [0.25, 0.3) is 0 Å². The lowest BCUT2D eigenvalue weighted by molar-refractivity contribution is -0.137. The van der Waals surface area contributed by atoms with E-state index in [9.17, 15) is 14.4 Å². The highest BCUT2D eigenvalue weighted by atomic mass is 16.4. The number of nitrogens with two attached hydrogens (primary N) is 1. The summed E-state index contributed by atoms with van der Waals surface area (Å²) in [6.45, 7) is 0. The zero-order valence-electron chi connectivity index (χ0n) is 15.6. The van der Waals surface area contributed by atoms with Gasteiger partial charge in [0.25, 0.3) is 5.91 Å². The van der Waals surface area contributed by atoms with Crippen LogP contribution in [0.15, 0.2) is 30.5 Å². The van der Waals surface area contributed by atoms with E-state index in [1.54, 1.807) is 24.3 Å². The maximum absolute atomic E-state index is 11.8. The van der Waals surface area contributed by atoms with Crippen molar-refractivity contribution >= 4 is 40.9 Å². The van der Waals surface area contributed by atoms with Crippen LogP contribution in [0.1, 0.15) is 42.5 Å². The van der Waals surface area contributed by atoms with Crippen LogP contribution >= 0.6 is 0 Å². The van der Waals surface area contributed by atoms with Crippen molar-refractivity contribution in [2.75, 3.05) is 16.0 Å². The largest absolute Gasteiger partial charge is 0.481 e. The summed E-state index contributed by atoms with van der Waals surface area (Å²) in [5.41, 5.74) is 6.90. The minimum absolute atomic E-state index is 0.0393. The predicted octanol–water partition coefficient (Wildman–Crippen LogP) is 2.09. The molecule has 1 aliphatic rings. The Hall–Kier alpha value is -3.69. The lowest BCUT2D eigenvalue weighted by Gasteiger charge is -2.11.